The second-order valence-corrected chi connectivity index (χ2v) is 12.4. The summed E-state index contributed by atoms with van der Waals surface area (Å²) in [6.07, 6.45) is 5.79. The lowest BCUT2D eigenvalue weighted by molar-refractivity contribution is -0.145. The van der Waals surface area contributed by atoms with E-state index in [-0.39, 0.29) is 29.8 Å². The predicted molar refractivity (Wildman–Crippen MR) is 153 cm³/mol. The van der Waals surface area contributed by atoms with Gasteiger partial charge in [0.1, 0.15) is 17.7 Å². The van der Waals surface area contributed by atoms with Crippen molar-refractivity contribution in [3.05, 3.63) is 34.9 Å². The van der Waals surface area contributed by atoms with Crippen LogP contribution in [0.5, 0.6) is 0 Å². The molecule has 38 heavy (non-hydrogen) atoms. The smallest absolute Gasteiger partial charge is 0.408 e. The molecule has 1 saturated carbocycles. The molecule has 7 heteroatoms. The van der Waals surface area contributed by atoms with Gasteiger partial charge in [0, 0.05) is 12.1 Å². The van der Waals surface area contributed by atoms with Crippen LogP contribution >= 0.6 is 0 Å². The summed E-state index contributed by atoms with van der Waals surface area (Å²) in [5.74, 6) is -0.267. The molecule has 0 spiro atoms. The molecule has 2 rings (SSSR count). The Morgan fingerprint density at radius 1 is 1.05 bits per heavy atom. The number of benzene rings is 1. The highest BCUT2D eigenvalue weighted by Gasteiger charge is 2.39. The highest BCUT2D eigenvalue weighted by atomic mass is 16.6. The number of nitrogens with one attached hydrogen (secondary N) is 2. The van der Waals surface area contributed by atoms with Crippen molar-refractivity contribution in [2.24, 2.45) is 5.92 Å². The number of amides is 3. The Balaban J connectivity index is 2.55. The van der Waals surface area contributed by atoms with Gasteiger partial charge in [-0.15, -0.1) is 0 Å². The van der Waals surface area contributed by atoms with Crippen molar-refractivity contribution in [2.45, 2.75) is 137 Å². The van der Waals surface area contributed by atoms with Crippen LogP contribution in [0.4, 0.5) is 4.79 Å². The SMILES string of the molecule is CCC(C)N(C(=O)C(CC(C)C)NC(=O)OC(C)(C)C)C(C(=O)NC1CCCCC1)c1cc(C)ccc1C. The number of nitrogens with zero attached hydrogens (tertiary/aromatic N) is 1. The van der Waals surface area contributed by atoms with E-state index in [0.29, 0.717) is 12.8 Å². The Morgan fingerprint density at radius 2 is 1.68 bits per heavy atom. The van der Waals surface area contributed by atoms with Crippen LogP contribution in [-0.2, 0) is 14.3 Å². The second-order valence-electron chi connectivity index (χ2n) is 12.4. The van der Waals surface area contributed by atoms with Crippen molar-refractivity contribution in [3.8, 4) is 0 Å². The van der Waals surface area contributed by atoms with Crippen LogP contribution in [-0.4, -0.2) is 46.5 Å². The zero-order valence-electron chi connectivity index (χ0n) is 25.1. The zero-order chi connectivity index (χ0) is 28.6. The van der Waals surface area contributed by atoms with Crippen molar-refractivity contribution in [1.29, 1.82) is 0 Å². The number of hydrogen-bond acceptors (Lipinski definition) is 4. The fourth-order valence-corrected chi connectivity index (χ4v) is 5.12. The average molecular weight is 530 g/mol. The van der Waals surface area contributed by atoms with Gasteiger partial charge in [0.05, 0.1) is 0 Å². The minimum Gasteiger partial charge on any atom is -0.444 e. The lowest BCUT2D eigenvalue weighted by Crippen LogP contribution is -2.56. The van der Waals surface area contributed by atoms with Gasteiger partial charge in [-0.2, -0.15) is 0 Å². The normalized spacial score (nSPS) is 16.9. The summed E-state index contributed by atoms with van der Waals surface area (Å²) in [6, 6.07) is 4.33. The van der Waals surface area contributed by atoms with Crippen LogP contribution in [0.25, 0.3) is 0 Å². The lowest BCUT2D eigenvalue weighted by Gasteiger charge is -2.40. The average Bonchev–Trinajstić information content (AvgIpc) is 2.82. The van der Waals surface area contributed by atoms with Gasteiger partial charge in [-0.3, -0.25) is 9.59 Å². The minimum absolute atomic E-state index is 0.115. The molecule has 1 aromatic carbocycles. The molecular formula is C31H51N3O4. The molecule has 2 N–H and O–H groups in total. The first-order valence-corrected chi connectivity index (χ1v) is 14.4. The molecule has 1 aliphatic rings. The van der Waals surface area contributed by atoms with Crippen molar-refractivity contribution < 1.29 is 19.1 Å². The van der Waals surface area contributed by atoms with Crippen LogP contribution in [0.15, 0.2) is 18.2 Å². The van der Waals surface area contributed by atoms with E-state index in [4.69, 9.17) is 4.74 Å². The van der Waals surface area contributed by atoms with E-state index in [1.165, 1.54) is 6.42 Å². The number of hydrogen-bond donors (Lipinski definition) is 2. The first kappa shape index (κ1) is 31.6. The third-order valence-corrected chi connectivity index (χ3v) is 7.22. The zero-order valence-corrected chi connectivity index (χ0v) is 25.1. The van der Waals surface area contributed by atoms with E-state index in [0.717, 1.165) is 42.4 Å². The van der Waals surface area contributed by atoms with Gasteiger partial charge in [0.25, 0.3) is 0 Å². The summed E-state index contributed by atoms with van der Waals surface area (Å²) >= 11 is 0. The van der Waals surface area contributed by atoms with Crippen molar-refractivity contribution in [2.75, 3.05) is 0 Å². The monoisotopic (exact) mass is 529 g/mol. The van der Waals surface area contributed by atoms with E-state index < -0.39 is 23.8 Å². The van der Waals surface area contributed by atoms with Crippen molar-refractivity contribution in [1.82, 2.24) is 15.5 Å². The fourth-order valence-electron chi connectivity index (χ4n) is 5.12. The Labute approximate surface area is 230 Å². The van der Waals surface area contributed by atoms with E-state index in [2.05, 4.69) is 10.6 Å². The molecule has 214 valence electrons. The Bertz CT molecular complexity index is 947. The maximum atomic E-state index is 14.4. The predicted octanol–water partition coefficient (Wildman–Crippen LogP) is 6.36. The van der Waals surface area contributed by atoms with E-state index in [9.17, 15) is 14.4 Å². The fraction of sp³-hybridized carbons (Fsp3) is 0.710. The molecule has 3 amide bonds. The van der Waals surface area contributed by atoms with Gasteiger partial charge in [-0.1, -0.05) is 63.8 Å². The van der Waals surface area contributed by atoms with Gasteiger partial charge in [0.2, 0.25) is 11.8 Å². The molecule has 3 unspecified atom stereocenters. The Hall–Kier alpha value is -2.57. The highest BCUT2D eigenvalue weighted by Crippen LogP contribution is 2.31. The summed E-state index contributed by atoms with van der Waals surface area (Å²) in [5.41, 5.74) is 2.13. The molecule has 1 aliphatic carbocycles. The first-order valence-electron chi connectivity index (χ1n) is 14.4. The highest BCUT2D eigenvalue weighted by molar-refractivity contribution is 5.92. The largest absolute Gasteiger partial charge is 0.444 e. The Morgan fingerprint density at radius 3 is 2.24 bits per heavy atom. The summed E-state index contributed by atoms with van der Waals surface area (Å²) in [7, 11) is 0. The molecule has 7 nitrogen and oxygen atoms in total. The number of rotatable bonds is 10. The quantitative estimate of drug-likeness (QED) is 0.369. The third kappa shape index (κ3) is 9.32. The van der Waals surface area contributed by atoms with Gasteiger partial charge < -0.3 is 20.3 Å². The van der Waals surface area contributed by atoms with Gasteiger partial charge in [-0.25, -0.2) is 4.79 Å². The van der Waals surface area contributed by atoms with E-state index >= 15 is 0 Å². The molecule has 1 fully saturated rings. The van der Waals surface area contributed by atoms with Crippen LogP contribution < -0.4 is 10.6 Å². The van der Waals surface area contributed by atoms with Crippen LogP contribution in [0, 0.1) is 19.8 Å². The molecular weight excluding hydrogens is 478 g/mol. The number of carbonyl (C=O) groups is 3. The molecule has 0 aliphatic heterocycles. The third-order valence-electron chi connectivity index (χ3n) is 7.22. The van der Waals surface area contributed by atoms with Crippen LogP contribution in [0.2, 0.25) is 0 Å². The Kier molecular flexibility index (Phi) is 11.7. The standard InChI is InChI=1S/C31H51N3O4/c1-10-23(6)34(29(36)26(18-20(2)3)33-30(37)38-31(7,8)9)27(25-19-21(4)16-17-22(25)5)28(35)32-24-14-12-11-13-15-24/h16-17,19-20,23-24,26-27H,10-15,18H2,1-9H3,(H,32,35)(H,33,37). The van der Waals surface area contributed by atoms with E-state index in [1.54, 1.807) is 25.7 Å². The summed E-state index contributed by atoms with van der Waals surface area (Å²) in [6.45, 7) is 17.4. The summed E-state index contributed by atoms with van der Waals surface area (Å²) < 4.78 is 5.49. The van der Waals surface area contributed by atoms with Gasteiger partial charge in [0.15, 0.2) is 0 Å². The number of aryl methyl sites for hydroxylation is 2. The number of alkyl carbamates (subject to hydrolysis) is 1. The minimum atomic E-state index is -0.811. The summed E-state index contributed by atoms with van der Waals surface area (Å²) in [5, 5.41) is 6.12. The molecule has 0 saturated heterocycles. The van der Waals surface area contributed by atoms with Crippen molar-refractivity contribution in [3.63, 3.8) is 0 Å². The second kappa shape index (κ2) is 14.0. The van der Waals surface area contributed by atoms with Gasteiger partial charge >= 0.3 is 6.09 Å². The summed E-state index contributed by atoms with van der Waals surface area (Å²) in [4.78, 5) is 42.9. The molecule has 0 radical (unpaired) electrons. The topological polar surface area (TPSA) is 87.7 Å². The molecule has 0 bridgehead atoms. The van der Waals surface area contributed by atoms with E-state index in [1.807, 2.05) is 59.7 Å². The lowest BCUT2D eigenvalue weighted by atomic mass is 9.92. The molecule has 0 aromatic heterocycles. The molecule has 0 heterocycles. The van der Waals surface area contributed by atoms with Crippen LogP contribution in [0.3, 0.4) is 0 Å². The number of carbonyl (C=O) groups excluding carboxylic acids is 3. The number of ether oxygens (including phenoxy) is 1. The maximum absolute atomic E-state index is 14.4. The molecule has 1 aromatic rings. The maximum Gasteiger partial charge on any atom is 0.408 e. The molecule has 3 atom stereocenters. The van der Waals surface area contributed by atoms with Crippen LogP contribution in [0.1, 0.15) is 116 Å². The van der Waals surface area contributed by atoms with Crippen molar-refractivity contribution >= 4 is 17.9 Å². The first-order chi connectivity index (χ1) is 17.7. The van der Waals surface area contributed by atoms with Gasteiger partial charge in [-0.05, 0) is 84.3 Å².